The molecule has 182 valence electrons. The van der Waals surface area contributed by atoms with Crippen molar-refractivity contribution in [3.05, 3.63) is 35.6 Å². The van der Waals surface area contributed by atoms with Crippen LogP contribution < -0.4 is 4.90 Å². The van der Waals surface area contributed by atoms with Gasteiger partial charge in [0.05, 0.1) is 37.6 Å². The van der Waals surface area contributed by atoms with Crippen LogP contribution in [0.15, 0.2) is 28.8 Å². The number of aromatic nitrogens is 1. The normalized spacial score (nSPS) is 20.0. The molecule has 0 bridgehead atoms. The Hall–Kier alpha value is -2.04. The molecular formula is C24H34FN3O5. The molecule has 1 aromatic heterocycles. The highest BCUT2D eigenvalue weighted by molar-refractivity contribution is 5.68. The van der Waals surface area contributed by atoms with Gasteiger partial charge in [0.25, 0.3) is 0 Å². The van der Waals surface area contributed by atoms with Crippen molar-refractivity contribution in [3.8, 4) is 11.3 Å². The summed E-state index contributed by atoms with van der Waals surface area (Å²) in [5, 5.41) is 14.9. The molecule has 2 aliphatic heterocycles. The highest BCUT2D eigenvalue weighted by Gasteiger charge is 2.29. The van der Waals surface area contributed by atoms with Crippen LogP contribution in [0.2, 0.25) is 0 Å². The molecule has 2 atom stereocenters. The van der Waals surface area contributed by atoms with Crippen molar-refractivity contribution in [3.63, 3.8) is 0 Å². The quantitative estimate of drug-likeness (QED) is 0.545. The first-order chi connectivity index (χ1) is 16.2. The van der Waals surface area contributed by atoms with E-state index in [0.717, 1.165) is 25.0 Å². The van der Waals surface area contributed by atoms with Gasteiger partial charge in [-0.05, 0) is 31.9 Å². The number of aliphatic hydroxyl groups is 1. The maximum atomic E-state index is 14.7. The van der Waals surface area contributed by atoms with Gasteiger partial charge in [-0.15, -0.1) is 0 Å². The summed E-state index contributed by atoms with van der Waals surface area (Å²) in [5.41, 5.74) is 1.71. The zero-order chi connectivity index (χ0) is 23.0. The van der Waals surface area contributed by atoms with Crippen molar-refractivity contribution in [1.82, 2.24) is 10.1 Å². The molecule has 0 spiro atoms. The number of hydrogen-bond acceptors (Lipinski definition) is 8. The fourth-order valence-electron chi connectivity index (χ4n) is 4.43. The van der Waals surface area contributed by atoms with Crippen LogP contribution in [0.4, 0.5) is 10.3 Å². The van der Waals surface area contributed by atoms with Gasteiger partial charge in [0.2, 0.25) is 5.88 Å². The van der Waals surface area contributed by atoms with Crippen molar-refractivity contribution < 1.29 is 28.2 Å². The van der Waals surface area contributed by atoms with E-state index >= 15 is 0 Å². The Bertz CT molecular complexity index is 868. The molecule has 1 N–H and O–H groups in total. The topological polar surface area (TPSA) is 80.4 Å². The van der Waals surface area contributed by atoms with Gasteiger partial charge >= 0.3 is 0 Å². The van der Waals surface area contributed by atoms with Crippen LogP contribution in [0, 0.1) is 5.82 Å². The predicted octanol–water partition coefficient (Wildman–Crippen LogP) is 2.70. The molecule has 0 amide bonds. The van der Waals surface area contributed by atoms with Gasteiger partial charge in [0, 0.05) is 51.5 Å². The molecule has 0 radical (unpaired) electrons. The molecule has 0 saturated carbocycles. The number of halogens is 1. The van der Waals surface area contributed by atoms with Gasteiger partial charge in [-0.2, -0.15) is 0 Å². The van der Waals surface area contributed by atoms with Crippen LogP contribution in [0.3, 0.4) is 0 Å². The van der Waals surface area contributed by atoms with E-state index in [1.54, 1.807) is 18.2 Å². The molecule has 9 heteroatoms. The first kappa shape index (κ1) is 24.1. The molecule has 4 rings (SSSR count). The highest BCUT2D eigenvalue weighted by Crippen LogP contribution is 2.34. The summed E-state index contributed by atoms with van der Waals surface area (Å²) in [6, 6.07) is 6.60. The maximum Gasteiger partial charge on any atom is 0.232 e. The standard InChI is InChI=1S/C24H34FN3O5/c1-2-30-17-18(29)14-27(15-19-6-5-11-32-19)16-21-23(20-7-3-4-8-22(20)25)26-33-24(21)28-9-12-31-13-10-28/h3-4,7-8,18-19,29H,2,5-6,9-17H2,1H3/t18-,19+/m1/s1. The summed E-state index contributed by atoms with van der Waals surface area (Å²) < 4.78 is 37.3. The molecule has 2 fully saturated rings. The predicted molar refractivity (Wildman–Crippen MR) is 122 cm³/mol. The zero-order valence-corrected chi connectivity index (χ0v) is 19.2. The number of ether oxygens (including phenoxy) is 3. The van der Waals surface area contributed by atoms with Crippen LogP contribution in [-0.2, 0) is 20.8 Å². The summed E-state index contributed by atoms with van der Waals surface area (Å²) >= 11 is 0. The van der Waals surface area contributed by atoms with Gasteiger partial charge < -0.3 is 28.7 Å². The Balaban J connectivity index is 1.63. The fraction of sp³-hybridized carbons (Fsp3) is 0.625. The number of benzene rings is 1. The largest absolute Gasteiger partial charge is 0.389 e. The molecule has 1 aromatic carbocycles. The molecular weight excluding hydrogens is 429 g/mol. The lowest BCUT2D eigenvalue weighted by Gasteiger charge is -2.30. The summed E-state index contributed by atoms with van der Waals surface area (Å²) in [6.45, 7) is 7.54. The third-order valence-corrected chi connectivity index (χ3v) is 6.05. The Morgan fingerprint density at radius 1 is 1.27 bits per heavy atom. The third kappa shape index (κ3) is 6.30. The lowest BCUT2D eigenvalue weighted by atomic mass is 10.1. The van der Waals surface area contributed by atoms with Gasteiger partial charge in [-0.25, -0.2) is 4.39 Å². The van der Waals surface area contributed by atoms with E-state index in [1.165, 1.54) is 6.07 Å². The average molecular weight is 464 g/mol. The molecule has 2 saturated heterocycles. The Labute approximate surface area is 194 Å². The van der Waals surface area contributed by atoms with Crippen molar-refractivity contribution in [2.45, 2.75) is 38.5 Å². The molecule has 33 heavy (non-hydrogen) atoms. The van der Waals surface area contributed by atoms with Gasteiger partial charge in [-0.1, -0.05) is 17.3 Å². The third-order valence-electron chi connectivity index (χ3n) is 6.05. The molecule has 0 aliphatic carbocycles. The van der Waals surface area contributed by atoms with Crippen LogP contribution in [-0.4, -0.2) is 86.6 Å². The van der Waals surface area contributed by atoms with Crippen LogP contribution in [0.5, 0.6) is 0 Å². The van der Waals surface area contributed by atoms with E-state index in [1.807, 2.05) is 6.92 Å². The summed E-state index contributed by atoms with van der Waals surface area (Å²) in [4.78, 5) is 4.23. The second-order valence-corrected chi connectivity index (χ2v) is 8.54. The Morgan fingerprint density at radius 3 is 2.82 bits per heavy atom. The second kappa shape index (κ2) is 11.9. The van der Waals surface area contributed by atoms with Gasteiger partial charge in [-0.3, -0.25) is 4.90 Å². The molecule has 8 nitrogen and oxygen atoms in total. The van der Waals surface area contributed by atoms with Crippen molar-refractivity contribution in [2.75, 3.05) is 64.1 Å². The lowest BCUT2D eigenvalue weighted by molar-refractivity contribution is 0.00517. The zero-order valence-electron chi connectivity index (χ0n) is 19.2. The second-order valence-electron chi connectivity index (χ2n) is 8.54. The maximum absolute atomic E-state index is 14.7. The van der Waals surface area contributed by atoms with Crippen molar-refractivity contribution in [1.29, 1.82) is 0 Å². The van der Waals surface area contributed by atoms with E-state index in [9.17, 15) is 9.50 Å². The number of rotatable bonds is 11. The van der Waals surface area contributed by atoms with Crippen LogP contribution in [0.1, 0.15) is 25.3 Å². The molecule has 0 unspecified atom stereocenters. The Kier molecular flexibility index (Phi) is 8.69. The van der Waals surface area contributed by atoms with E-state index in [0.29, 0.717) is 69.7 Å². The van der Waals surface area contributed by atoms with Crippen LogP contribution in [0.25, 0.3) is 11.3 Å². The van der Waals surface area contributed by atoms with Crippen molar-refractivity contribution >= 4 is 5.88 Å². The SMILES string of the molecule is CCOC[C@H](O)CN(Cc1c(-c2ccccc2F)noc1N1CCOCC1)C[C@@H]1CCCO1. The Morgan fingerprint density at radius 2 is 2.09 bits per heavy atom. The number of anilines is 1. The summed E-state index contributed by atoms with van der Waals surface area (Å²) in [5.74, 6) is 0.288. The minimum absolute atomic E-state index is 0.105. The number of nitrogens with zero attached hydrogens (tertiary/aromatic N) is 3. The lowest BCUT2D eigenvalue weighted by Crippen LogP contribution is -2.40. The first-order valence-electron chi connectivity index (χ1n) is 11.8. The van der Waals surface area contributed by atoms with E-state index < -0.39 is 6.10 Å². The van der Waals surface area contributed by atoms with E-state index in [2.05, 4.69) is 15.0 Å². The first-order valence-corrected chi connectivity index (χ1v) is 11.8. The fourth-order valence-corrected chi connectivity index (χ4v) is 4.43. The minimum Gasteiger partial charge on any atom is -0.389 e. The molecule has 2 aliphatic rings. The summed E-state index contributed by atoms with van der Waals surface area (Å²) in [7, 11) is 0. The van der Waals surface area contributed by atoms with Crippen LogP contribution >= 0.6 is 0 Å². The smallest absolute Gasteiger partial charge is 0.232 e. The van der Waals surface area contributed by atoms with Gasteiger partial charge in [0.15, 0.2) is 0 Å². The van der Waals surface area contributed by atoms with Gasteiger partial charge in [0.1, 0.15) is 11.5 Å². The van der Waals surface area contributed by atoms with E-state index in [4.69, 9.17) is 18.7 Å². The monoisotopic (exact) mass is 463 g/mol. The number of morpholine rings is 1. The number of aliphatic hydroxyl groups excluding tert-OH is 1. The minimum atomic E-state index is -0.644. The molecule has 2 aromatic rings. The summed E-state index contributed by atoms with van der Waals surface area (Å²) in [6.07, 6.45) is 1.48. The van der Waals surface area contributed by atoms with E-state index in [-0.39, 0.29) is 18.5 Å². The number of hydrogen-bond donors (Lipinski definition) is 1. The van der Waals surface area contributed by atoms with Crippen molar-refractivity contribution in [2.24, 2.45) is 0 Å². The average Bonchev–Trinajstić information content (AvgIpc) is 3.49. The highest BCUT2D eigenvalue weighted by atomic mass is 19.1. The molecule has 3 heterocycles.